The van der Waals surface area contributed by atoms with Crippen LogP contribution in [0, 0.1) is 0 Å². The summed E-state index contributed by atoms with van der Waals surface area (Å²) in [6, 6.07) is 7.89. The molecule has 1 aromatic heterocycles. The summed E-state index contributed by atoms with van der Waals surface area (Å²) < 4.78 is 0. The van der Waals surface area contributed by atoms with Crippen molar-refractivity contribution >= 4 is 16.8 Å². The van der Waals surface area contributed by atoms with Crippen molar-refractivity contribution in [1.82, 2.24) is 15.6 Å². The molecular formula is C15H19N3O. The van der Waals surface area contributed by atoms with E-state index >= 15 is 0 Å². The van der Waals surface area contributed by atoms with Crippen molar-refractivity contribution in [3.63, 3.8) is 0 Å². The van der Waals surface area contributed by atoms with Gasteiger partial charge in [0, 0.05) is 22.6 Å². The maximum atomic E-state index is 12.4. The van der Waals surface area contributed by atoms with E-state index in [4.69, 9.17) is 0 Å². The van der Waals surface area contributed by atoms with Crippen LogP contribution in [0.15, 0.2) is 30.5 Å². The van der Waals surface area contributed by atoms with Crippen molar-refractivity contribution in [2.24, 2.45) is 0 Å². The first-order valence-corrected chi connectivity index (χ1v) is 6.77. The lowest BCUT2D eigenvalue weighted by molar-refractivity contribution is 0.0889. The quantitative estimate of drug-likeness (QED) is 0.771. The molecule has 1 aliphatic rings. The second-order valence-corrected chi connectivity index (χ2v) is 5.51. The van der Waals surface area contributed by atoms with Crippen molar-refractivity contribution in [1.29, 1.82) is 0 Å². The summed E-state index contributed by atoms with van der Waals surface area (Å²) in [5.74, 6) is 0.0156. The fourth-order valence-corrected chi connectivity index (χ4v) is 2.70. The summed E-state index contributed by atoms with van der Waals surface area (Å²) in [6.07, 6.45) is 3.74. The number of aromatic amines is 1. The summed E-state index contributed by atoms with van der Waals surface area (Å²) in [4.78, 5) is 15.6. The average Bonchev–Trinajstić information content (AvgIpc) is 2.83. The molecule has 19 heavy (non-hydrogen) atoms. The molecule has 1 fully saturated rings. The molecule has 4 nitrogen and oxygen atoms in total. The monoisotopic (exact) mass is 257 g/mol. The van der Waals surface area contributed by atoms with E-state index in [2.05, 4.69) is 22.5 Å². The zero-order chi connectivity index (χ0) is 13.3. The normalized spacial score (nSPS) is 18.4. The third-order valence-electron chi connectivity index (χ3n) is 3.96. The maximum absolute atomic E-state index is 12.4. The number of carbonyl (C=O) groups is 1. The van der Waals surface area contributed by atoms with Crippen molar-refractivity contribution in [2.45, 2.75) is 25.3 Å². The van der Waals surface area contributed by atoms with Crippen LogP contribution in [-0.2, 0) is 0 Å². The Morgan fingerprint density at radius 2 is 2.00 bits per heavy atom. The molecule has 0 spiro atoms. The van der Waals surface area contributed by atoms with E-state index in [0.29, 0.717) is 0 Å². The number of aromatic nitrogens is 1. The Morgan fingerprint density at radius 3 is 2.79 bits per heavy atom. The van der Waals surface area contributed by atoms with Gasteiger partial charge in [-0.05, 0) is 38.9 Å². The minimum atomic E-state index is -0.0965. The number of hydrogen-bond acceptors (Lipinski definition) is 2. The number of fused-ring (bicyclic) bond motifs is 1. The topological polar surface area (TPSA) is 56.9 Å². The van der Waals surface area contributed by atoms with Gasteiger partial charge >= 0.3 is 0 Å². The van der Waals surface area contributed by atoms with Crippen molar-refractivity contribution < 1.29 is 4.79 Å². The number of piperidine rings is 1. The molecule has 1 aromatic carbocycles. The molecule has 1 saturated heterocycles. The van der Waals surface area contributed by atoms with Crippen LogP contribution in [0.3, 0.4) is 0 Å². The van der Waals surface area contributed by atoms with Gasteiger partial charge in [0.1, 0.15) is 0 Å². The summed E-state index contributed by atoms with van der Waals surface area (Å²) in [7, 11) is 0. The van der Waals surface area contributed by atoms with Gasteiger partial charge in [-0.3, -0.25) is 4.79 Å². The SMILES string of the molecule is CC1(NC(=O)c2c[nH]c3ccccc23)CCNCC1. The molecule has 0 saturated carbocycles. The van der Waals surface area contributed by atoms with Crippen LogP contribution < -0.4 is 10.6 Å². The molecule has 100 valence electrons. The molecule has 0 unspecified atom stereocenters. The first-order chi connectivity index (χ1) is 9.18. The fraction of sp³-hybridized carbons (Fsp3) is 0.400. The van der Waals surface area contributed by atoms with Crippen LogP contribution in [0.2, 0.25) is 0 Å². The van der Waals surface area contributed by atoms with Gasteiger partial charge in [-0.15, -0.1) is 0 Å². The minimum Gasteiger partial charge on any atom is -0.360 e. The van der Waals surface area contributed by atoms with Gasteiger partial charge in [0.15, 0.2) is 0 Å². The first kappa shape index (κ1) is 12.2. The molecule has 0 bridgehead atoms. The van der Waals surface area contributed by atoms with Gasteiger partial charge in [0.05, 0.1) is 5.56 Å². The highest BCUT2D eigenvalue weighted by atomic mass is 16.1. The summed E-state index contributed by atoms with van der Waals surface area (Å²) in [5, 5.41) is 7.49. The minimum absolute atomic E-state index is 0.0156. The van der Waals surface area contributed by atoms with Gasteiger partial charge in [0.25, 0.3) is 5.91 Å². The maximum Gasteiger partial charge on any atom is 0.253 e. The average molecular weight is 257 g/mol. The number of amides is 1. The smallest absolute Gasteiger partial charge is 0.253 e. The molecule has 4 heteroatoms. The van der Waals surface area contributed by atoms with Gasteiger partial charge in [-0.1, -0.05) is 18.2 Å². The lowest BCUT2D eigenvalue weighted by atomic mass is 9.90. The van der Waals surface area contributed by atoms with E-state index in [1.165, 1.54) is 0 Å². The lowest BCUT2D eigenvalue weighted by Crippen LogP contribution is -2.52. The van der Waals surface area contributed by atoms with Crippen LogP contribution in [0.4, 0.5) is 0 Å². The number of H-pyrrole nitrogens is 1. The van der Waals surface area contributed by atoms with Crippen LogP contribution in [0.5, 0.6) is 0 Å². The van der Waals surface area contributed by atoms with E-state index in [1.54, 1.807) is 6.20 Å². The van der Waals surface area contributed by atoms with Crippen LogP contribution in [-0.4, -0.2) is 29.5 Å². The Labute approximate surface area is 112 Å². The zero-order valence-corrected chi connectivity index (χ0v) is 11.1. The number of para-hydroxylation sites is 1. The number of benzene rings is 1. The van der Waals surface area contributed by atoms with E-state index < -0.39 is 0 Å². The van der Waals surface area contributed by atoms with Gasteiger partial charge in [-0.25, -0.2) is 0 Å². The fourth-order valence-electron chi connectivity index (χ4n) is 2.70. The van der Waals surface area contributed by atoms with Crippen molar-refractivity contribution in [2.75, 3.05) is 13.1 Å². The van der Waals surface area contributed by atoms with E-state index in [-0.39, 0.29) is 11.4 Å². The van der Waals surface area contributed by atoms with Crippen molar-refractivity contribution in [3.8, 4) is 0 Å². The molecule has 0 radical (unpaired) electrons. The third kappa shape index (κ3) is 2.36. The molecule has 1 amide bonds. The summed E-state index contributed by atoms with van der Waals surface area (Å²) in [5.41, 5.74) is 1.64. The number of carbonyl (C=O) groups excluding carboxylic acids is 1. The van der Waals surface area contributed by atoms with Crippen LogP contribution >= 0.6 is 0 Å². The van der Waals surface area contributed by atoms with E-state index in [9.17, 15) is 4.79 Å². The lowest BCUT2D eigenvalue weighted by Gasteiger charge is -2.34. The highest BCUT2D eigenvalue weighted by molar-refractivity contribution is 6.06. The van der Waals surface area contributed by atoms with Gasteiger partial charge in [-0.2, -0.15) is 0 Å². The Hall–Kier alpha value is -1.81. The molecule has 2 heterocycles. The number of nitrogens with one attached hydrogen (secondary N) is 3. The molecule has 0 aliphatic carbocycles. The Morgan fingerprint density at radius 1 is 1.26 bits per heavy atom. The molecule has 2 aromatic rings. The second kappa shape index (κ2) is 4.70. The van der Waals surface area contributed by atoms with Crippen molar-refractivity contribution in [3.05, 3.63) is 36.0 Å². The highest BCUT2D eigenvalue weighted by Gasteiger charge is 2.29. The van der Waals surface area contributed by atoms with Gasteiger partial charge < -0.3 is 15.6 Å². The summed E-state index contributed by atoms with van der Waals surface area (Å²) in [6.45, 7) is 4.05. The molecular weight excluding hydrogens is 238 g/mol. The van der Waals surface area contributed by atoms with E-state index in [1.807, 2.05) is 24.3 Å². The number of hydrogen-bond donors (Lipinski definition) is 3. The van der Waals surface area contributed by atoms with Crippen LogP contribution in [0.1, 0.15) is 30.1 Å². The molecule has 3 N–H and O–H groups in total. The number of rotatable bonds is 2. The predicted octanol–water partition coefficient (Wildman–Crippen LogP) is 2.04. The Kier molecular flexibility index (Phi) is 3.03. The van der Waals surface area contributed by atoms with Gasteiger partial charge in [0.2, 0.25) is 0 Å². The Balaban J connectivity index is 1.84. The standard InChI is InChI=1S/C15H19N3O/c1-15(6-8-16-9-7-15)18-14(19)12-10-17-13-5-3-2-4-11(12)13/h2-5,10,16-17H,6-9H2,1H3,(H,18,19). The molecule has 1 aliphatic heterocycles. The Bertz CT molecular complexity index is 596. The largest absolute Gasteiger partial charge is 0.360 e. The second-order valence-electron chi connectivity index (χ2n) is 5.51. The highest BCUT2D eigenvalue weighted by Crippen LogP contribution is 2.21. The van der Waals surface area contributed by atoms with Crippen LogP contribution in [0.25, 0.3) is 10.9 Å². The predicted molar refractivity (Wildman–Crippen MR) is 76.3 cm³/mol. The summed E-state index contributed by atoms with van der Waals surface area (Å²) >= 11 is 0. The van der Waals surface area contributed by atoms with E-state index in [0.717, 1.165) is 42.4 Å². The zero-order valence-electron chi connectivity index (χ0n) is 11.1. The molecule has 0 atom stereocenters. The first-order valence-electron chi connectivity index (χ1n) is 6.77. The third-order valence-corrected chi connectivity index (χ3v) is 3.96. The molecule has 3 rings (SSSR count).